The number of carboxylic acids is 1. The summed E-state index contributed by atoms with van der Waals surface area (Å²) in [5.74, 6) is 0.0758. The van der Waals surface area contributed by atoms with Crippen molar-refractivity contribution < 1.29 is 15.1 Å². The van der Waals surface area contributed by atoms with Crippen molar-refractivity contribution in [2.75, 3.05) is 0 Å². The third-order valence-corrected chi connectivity index (χ3v) is 5.59. The number of rotatable bonds is 4. The number of hydrogen-bond acceptors (Lipinski definition) is 3. The maximum Gasteiger partial charge on any atom is 0.335 e. The Bertz CT molecular complexity index is 797. The highest BCUT2D eigenvalue weighted by atomic mass is 16.4. The number of hydrogen-bond donors (Lipinski definition) is 2. The predicted molar refractivity (Wildman–Crippen MR) is 103 cm³/mol. The van der Waals surface area contributed by atoms with E-state index in [1.807, 2.05) is 6.08 Å². The molecule has 0 radical (unpaired) electrons. The molecule has 4 heteroatoms. The molecule has 26 heavy (non-hydrogen) atoms. The second kappa shape index (κ2) is 7.32. The first-order valence-electron chi connectivity index (χ1n) is 9.04. The van der Waals surface area contributed by atoms with Crippen LogP contribution in [0.1, 0.15) is 49.0 Å². The molecule has 1 fully saturated rings. The fraction of sp³-hybridized carbons (Fsp3) is 0.364. The third-order valence-electron chi connectivity index (χ3n) is 5.59. The zero-order chi connectivity index (χ0) is 18.7. The number of allylic oxidation sites excluding steroid dienone is 5. The Balaban J connectivity index is 1.76. The van der Waals surface area contributed by atoms with Gasteiger partial charge in [-0.05, 0) is 59.4 Å². The van der Waals surface area contributed by atoms with Crippen LogP contribution in [0.25, 0.3) is 6.08 Å². The van der Waals surface area contributed by atoms with Gasteiger partial charge in [-0.3, -0.25) is 0 Å². The lowest BCUT2D eigenvalue weighted by Crippen LogP contribution is -2.34. The molecule has 0 bridgehead atoms. The van der Waals surface area contributed by atoms with Gasteiger partial charge < -0.3 is 10.3 Å². The minimum Gasteiger partial charge on any atom is -0.478 e. The van der Waals surface area contributed by atoms with Crippen molar-refractivity contribution in [2.45, 2.75) is 33.1 Å². The Hall–Kier alpha value is -2.62. The minimum absolute atomic E-state index is 0.252. The van der Waals surface area contributed by atoms with E-state index in [0.717, 1.165) is 11.1 Å². The number of oxime groups is 1. The molecule has 0 spiro atoms. The van der Waals surface area contributed by atoms with Gasteiger partial charge in [0.2, 0.25) is 0 Å². The first kappa shape index (κ1) is 18.2. The van der Waals surface area contributed by atoms with E-state index < -0.39 is 5.97 Å². The van der Waals surface area contributed by atoms with Gasteiger partial charge in [0.1, 0.15) is 5.71 Å². The van der Waals surface area contributed by atoms with Gasteiger partial charge in [0.25, 0.3) is 0 Å². The van der Waals surface area contributed by atoms with Gasteiger partial charge in [-0.15, -0.1) is 0 Å². The number of benzene rings is 1. The quantitative estimate of drug-likeness (QED) is 0.447. The van der Waals surface area contributed by atoms with Crippen LogP contribution in [0.2, 0.25) is 0 Å². The van der Waals surface area contributed by atoms with Crippen molar-refractivity contribution in [3.8, 4) is 0 Å². The van der Waals surface area contributed by atoms with E-state index in [2.05, 4.69) is 37.2 Å². The van der Waals surface area contributed by atoms with Crippen LogP contribution in [-0.4, -0.2) is 22.0 Å². The van der Waals surface area contributed by atoms with E-state index in [0.29, 0.717) is 23.0 Å². The van der Waals surface area contributed by atoms with E-state index in [9.17, 15) is 10.0 Å². The van der Waals surface area contributed by atoms with Crippen LogP contribution in [0, 0.1) is 17.3 Å². The summed E-state index contributed by atoms with van der Waals surface area (Å²) in [6.45, 7) is 4.66. The summed E-state index contributed by atoms with van der Waals surface area (Å²) in [5.41, 5.74) is 2.87. The standard InChI is InChI=1S/C22H25NO3/c1-22(2)13-3-4-17-14-18(10-11-19(17)22)20(23-26)12-7-15-5-8-16(9-6-15)21(24)25/h5-12,14,17,19,26H,3-4,13H2,1-2H3,(H,24,25)/b12-7+,23-20+. The third kappa shape index (κ3) is 3.79. The van der Waals surface area contributed by atoms with Crippen molar-refractivity contribution in [3.05, 3.63) is 65.3 Å². The van der Waals surface area contributed by atoms with E-state index in [1.165, 1.54) is 19.3 Å². The number of carboxylic acid groups (broad SMARTS) is 1. The lowest BCUT2D eigenvalue weighted by molar-refractivity contribution is 0.0697. The molecule has 4 nitrogen and oxygen atoms in total. The number of fused-ring (bicyclic) bond motifs is 1. The van der Waals surface area contributed by atoms with E-state index in [-0.39, 0.29) is 5.56 Å². The number of carbonyl (C=O) groups is 1. The fourth-order valence-corrected chi connectivity index (χ4v) is 4.07. The van der Waals surface area contributed by atoms with Crippen LogP contribution in [0.4, 0.5) is 0 Å². The lowest BCUT2D eigenvalue weighted by Gasteiger charge is -2.43. The molecule has 0 heterocycles. The normalized spacial score (nSPS) is 25.0. The minimum atomic E-state index is -0.944. The summed E-state index contributed by atoms with van der Waals surface area (Å²) < 4.78 is 0. The summed E-state index contributed by atoms with van der Waals surface area (Å²) in [6, 6.07) is 6.60. The van der Waals surface area contributed by atoms with E-state index >= 15 is 0 Å². The molecule has 0 aromatic heterocycles. The lowest BCUT2D eigenvalue weighted by atomic mass is 9.62. The Labute approximate surface area is 154 Å². The summed E-state index contributed by atoms with van der Waals surface area (Å²) in [4.78, 5) is 10.9. The van der Waals surface area contributed by atoms with Crippen LogP contribution >= 0.6 is 0 Å². The fourth-order valence-electron chi connectivity index (χ4n) is 4.07. The highest BCUT2D eigenvalue weighted by Crippen LogP contribution is 2.47. The van der Waals surface area contributed by atoms with Crippen molar-refractivity contribution in [1.29, 1.82) is 0 Å². The summed E-state index contributed by atoms with van der Waals surface area (Å²) in [5, 5.41) is 21.9. The van der Waals surface area contributed by atoms with Gasteiger partial charge in [0.05, 0.1) is 5.56 Å². The average Bonchev–Trinajstić information content (AvgIpc) is 2.62. The maximum atomic E-state index is 10.9. The largest absolute Gasteiger partial charge is 0.478 e. The molecule has 1 aromatic rings. The first-order valence-corrected chi connectivity index (χ1v) is 9.04. The second-order valence-corrected chi connectivity index (χ2v) is 7.80. The molecule has 2 aliphatic rings. The molecule has 0 saturated heterocycles. The summed E-state index contributed by atoms with van der Waals surface area (Å²) in [7, 11) is 0. The van der Waals surface area contributed by atoms with Crippen LogP contribution < -0.4 is 0 Å². The van der Waals surface area contributed by atoms with Gasteiger partial charge in [-0.2, -0.15) is 0 Å². The molecule has 1 aromatic carbocycles. The Kier molecular flexibility index (Phi) is 5.12. The highest BCUT2D eigenvalue weighted by molar-refractivity contribution is 6.12. The van der Waals surface area contributed by atoms with E-state index in [1.54, 1.807) is 30.3 Å². The first-order chi connectivity index (χ1) is 12.4. The SMILES string of the molecule is CC1(C)CCCC2C=C(C(/C=C/c3ccc(C(=O)O)cc3)=N/O)C=CC21. The molecular formula is C22H25NO3. The number of aromatic carboxylic acids is 1. The molecule has 2 unspecified atom stereocenters. The predicted octanol–water partition coefficient (Wildman–Crippen LogP) is 5.17. The van der Waals surface area contributed by atoms with E-state index in [4.69, 9.17) is 5.11 Å². The molecule has 0 aliphatic heterocycles. The molecule has 2 N–H and O–H groups in total. The van der Waals surface area contributed by atoms with Crippen molar-refractivity contribution in [1.82, 2.24) is 0 Å². The van der Waals surface area contributed by atoms with Crippen molar-refractivity contribution in [3.63, 3.8) is 0 Å². The molecule has 0 amide bonds. The maximum absolute atomic E-state index is 10.9. The summed E-state index contributed by atoms with van der Waals surface area (Å²) >= 11 is 0. The molecular weight excluding hydrogens is 326 g/mol. The Morgan fingerprint density at radius 2 is 2.00 bits per heavy atom. The topological polar surface area (TPSA) is 69.9 Å². The zero-order valence-electron chi connectivity index (χ0n) is 15.2. The van der Waals surface area contributed by atoms with Gasteiger partial charge >= 0.3 is 5.97 Å². The van der Waals surface area contributed by atoms with Crippen LogP contribution in [0.3, 0.4) is 0 Å². The van der Waals surface area contributed by atoms with Gasteiger partial charge in [0, 0.05) is 0 Å². The van der Waals surface area contributed by atoms with Gasteiger partial charge in [0.15, 0.2) is 0 Å². The summed E-state index contributed by atoms with van der Waals surface area (Å²) in [6.07, 6.45) is 13.8. The average molecular weight is 351 g/mol. The monoisotopic (exact) mass is 351 g/mol. The zero-order valence-corrected chi connectivity index (χ0v) is 15.2. The van der Waals surface area contributed by atoms with Crippen LogP contribution in [0.5, 0.6) is 0 Å². The van der Waals surface area contributed by atoms with Crippen LogP contribution in [0.15, 0.2) is 59.3 Å². The highest BCUT2D eigenvalue weighted by Gasteiger charge is 2.37. The molecule has 136 valence electrons. The molecule has 2 aliphatic carbocycles. The second-order valence-electron chi connectivity index (χ2n) is 7.80. The number of nitrogens with zero attached hydrogens (tertiary/aromatic N) is 1. The molecule has 3 rings (SSSR count). The van der Waals surface area contributed by atoms with Crippen molar-refractivity contribution >= 4 is 17.8 Å². The van der Waals surface area contributed by atoms with Crippen LogP contribution in [-0.2, 0) is 0 Å². The Morgan fingerprint density at radius 3 is 2.65 bits per heavy atom. The molecule has 1 saturated carbocycles. The smallest absolute Gasteiger partial charge is 0.335 e. The van der Waals surface area contributed by atoms with Gasteiger partial charge in [-0.1, -0.05) is 61.9 Å². The van der Waals surface area contributed by atoms with Gasteiger partial charge in [-0.25, -0.2) is 4.79 Å². The van der Waals surface area contributed by atoms with Crippen molar-refractivity contribution in [2.24, 2.45) is 22.4 Å². The Morgan fingerprint density at radius 1 is 1.27 bits per heavy atom. The molecule has 2 atom stereocenters.